The van der Waals surface area contributed by atoms with Gasteiger partial charge in [-0.15, -0.1) is 0 Å². The molecule has 1 aliphatic carbocycles. The van der Waals surface area contributed by atoms with Gasteiger partial charge in [-0.1, -0.05) is 85.7 Å². The molecule has 3 aromatic carbocycles. The Kier molecular flexibility index (Phi) is 7.23. The number of rotatable bonds is 4. The standard InChI is InChI=1S/C46H50N4O2/c1-27-33(41-49-45(11)36-16-14-13-15-35(36)44(9,10)46(45,12)52-41)26-39(28(2)48-27)51-31-18-19-32-34-23-29(42(3,4)5)17-20-37(34)50(38(32)25-31)40-24-30(21-22-47-40)43(6,7)8/h13-26H,1-12H3/t45-,46+/m1/s1. The molecule has 0 spiro atoms. The third-order valence-electron chi connectivity index (χ3n) is 12.1. The average Bonchev–Trinajstić information content (AvgIpc) is 3.60. The van der Waals surface area contributed by atoms with E-state index in [2.05, 4.69) is 147 Å². The number of nitrogens with zero attached hydrogens (tertiary/aromatic N) is 4. The molecule has 2 atom stereocenters. The number of fused-ring (bicyclic) bond motifs is 6. The van der Waals surface area contributed by atoms with Gasteiger partial charge >= 0.3 is 0 Å². The Morgan fingerprint density at radius 3 is 2.10 bits per heavy atom. The Hall–Kier alpha value is -4.97. The molecular formula is C46H50N4O2. The van der Waals surface area contributed by atoms with Crippen molar-refractivity contribution < 1.29 is 9.47 Å². The second-order valence-electron chi connectivity index (χ2n) is 17.8. The van der Waals surface area contributed by atoms with Gasteiger partial charge in [0.05, 0.1) is 28.0 Å². The van der Waals surface area contributed by atoms with Gasteiger partial charge in [0, 0.05) is 28.5 Å². The first-order valence-electron chi connectivity index (χ1n) is 18.4. The monoisotopic (exact) mass is 690 g/mol. The van der Waals surface area contributed by atoms with E-state index in [1.165, 1.54) is 27.6 Å². The summed E-state index contributed by atoms with van der Waals surface area (Å²) in [5.74, 6) is 2.89. The smallest absolute Gasteiger partial charge is 0.219 e. The van der Waals surface area contributed by atoms with Gasteiger partial charge in [0.25, 0.3) is 0 Å². The summed E-state index contributed by atoms with van der Waals surface area (Å²) in [5.41, 5.74) is 8.33. The molecule has 2 aliphatic rings. The van der Waals surface area contributed by atoms with Crippen molar-refractivity contribution in [2.75, 3.05) is 0 Å². The Morgan fingerprint density at radius 1 is 0.692 bits per heavy atom. The van der Waals surface area contributed by atoms with E-state index in [4.69, 9.17) is 24.4 Å². The van der Waals surface area contributed by atoms with Crippen LogP contribution in [0.5, 0.6) is 11.5 Å². The summed E-state index contributed by atoms with van der Waals surface area (Å²) in [5, 5.41) is 2.35. The zero-order valence-electron chi connectivity index (χ0n) is 32.7. The van der Waals surface area contributed by atoms with Crippen molar-refractivity contribution in [2.45, 2.75) is 110 Å². The van der Waals surface area contributed by atoms with Crippen LogP contribution < -0.4 is 4.74 Å². The Labute approximate surface area is 308 Å². The van der Waals surface area contributed by atoms with Crippen LogP contribution in [0.1, 0.15) is 108 Å². The van der Waals surface area contributed by atoms with Crippen molar-refractivity contribution in [2.24, 2.45) is 4.99 Å². The SMILES string of the molecule is Cc1nc(C)c(C2=N[C@]3(C)c4ccccc4C(C)(C)[C@]3(C)O2)cc1Oc1ccc2c3cc(C(C)(C)C)ccc3n(-c3cc(C(C)(C)C)ccn3)c2c1. The van der Waals surface area contributed by atoms with E-state index in [0.29, 0.717) is 11.6 Å². The van der Waals surface area contributed by atoms with Crippen molar-refractivity contribution in [3.05, 3.63) is 124 Å². The van der Waals surface area contributed by atoms with Crippen LogP contribution in [-0.4, -0.2) is 26.0 Å². The van der Waals surface area contributed by atoms with Gasteiger partial charge in [0.1, 0.15) is 28.5 Å². The minimum absolute atomic E-state index is 0.0161. The van der Waals surface area contributed by atoms with Crippen LogP contribution >= 0.6 is 0 Å². The number of aromatic nitrogens is 3. The minimum Gasteiger partial charge on any atom is -0.467 e. The summed E-state index contributed by atoms with van der Waals surface area (Å²) in [6, 6.07) is 28.2. The quantitative estimate of drug-likeness (QED) is 0.185. The first-order valence-corrected chi connectivity index (χ1v) is 18.4. The van der Waals surface area contributed by atoms with E-state index in [0.717, 1.165) is 44.9 Å². The van der Waals surface area contributed by atoms with Gasteiger partial charge < -0.3 is 9.47 Å². The molecular weight excluding hydrogens is 641 g/mol. The number of hydrogen-bond donors (Lipinski definition) is 0. The number of hydrogen-bond acceptors (Lipinski definition) is 5. The average molecular weight is 691 g/mol. The summed E-state index contributed by atoms with van der Waals surface area (Å²) in [6.07, 6.45) is 1.92. The fraction of sp³-hybridized carbons (Fsp3) is 0.370. The predicted molar refractivity (Wildman–Crippen MR) is 213 cm³/mol. The normalized spacial score (nSPS) is 20.9. The highest BCUT2D eigenvalue weighted by molar-refractivity contribution is 6.10. The molecule has 0 amide bonds. The molecule has 0 unspecified atom stereocenters. The molecule has 8 rings (SSSR count). The predicted octanol–water partition coefficient (Wildman–Crippen LogP) is 11.3. The van der Waals surface area contributed by atoms with Crippen LogP contribution in [0.3, 0.4) is 0 Å². The molecule has 52 heavy (non-hydrogen) atoms. The van der Waals surface area contributed by atoms with Crippen LogP contribution in [0.2, 0.25) is 0 Å². The number of benzene rings is 3. The summed E-state index contributed by atoms with van der Waals surface area (Å²) in [6.45, 7) is 26.4. The highest BCUT2D eigenvalue weighted by atomic mass is 16.5. The lowest BCUT2D eigenvalue weighted by Gasteiger charge is -2.41. The van der Waals surface area contributed by atoms with Crippen molar-refractivity contribution in [3.8, 4) is 17.3 Å². The van der Waals surface area contributed by atoms with E-state index in [1.54, 1.807) is 0 Å². The van der Waals surface area contributed by atoms with Gasteiger partial charge in [-0.05, 0) is 103 Å². The van der Waals surface area contributed by atoms with Crippen molar-refractivity contribution in [1.29, 1.82) is 0 Å². The lowest BCUT2D eigenvalue weighted by atomic mass is 9.71. The molecule has 3 aromatic heterocycles. The van der Waals surface area contributed by atoms with Gasteiger partial charge in [0.2, 0.25) is 5.90 Å². The van der Waals surface area contributed by atoms with E-state index < -0.39 is 11.1 Å². The molecule has 6 aromatic rings. The maximum absolute atomic E-state index is 6.95. The molecule has 0 bridgehead atoms. The lowest BCUT2D eigenvalue weighted by molar-refractivity contribution is -0.0136. The van der Waals surface area contributed by atoms with E-state index >= 15 is 0 Å². The van der Waals surface area contributed by atoms with E-state index in [-0.39, 0.29) is 16.2 Å². The zero-order chi connectivity index (χ0) is 37.2. The van der Waals surface area contributed by atoms with Gasteiger partial charge in [0.15, 0.2) is 0 Å². The number of aryl methyl sites for hydroxylation is 2. The molecule has 6 heteroatoms. The Bertz CT molecular complexity index is 2470. The van der Waals surface area contributed by atoms with Crippen LogP contribution in [0.4, 0.5) is 0 Å². The fourth-order valence-corrected chi connectivity index (χ4v) is 8.44. The minimum atomic E-state index is -0.568. The maximum atomic E-state index is 6.95. The van der Waals surface area contributed by atoms with Gasteiger partial charge in [-0.2, -0.15) is 0 Å². The van der Waals surface area contributed by atoms with Crippen LogP contribution in [-0.2, 0) is 26.5 Å². The molecule has 0 radical (unpaired) electrons. The zero-order valence-corrected chi connectivity index (χ0v) is 32.7. The highest BCUT2D eigenvalue weighted by Crippen LogP contribution is 2.61. The lowest BCUT2D eigenvalue weighted by Crippen LogP contribution is -2.51. The summed E-state index contributed by atoms with van der Waals surface area (Å²) in [4.78, 5) is 15.2. The molecule has 6 nitrogen and oxygen atoms in total. The molecule has 0 fully saturated rings. The van der Waals surface area contributed by atoms with Crippen molar-refractivity contribution >= 4 is 27.7 Å². The molecule has 0 saturated heterocycles. The summed E-state index contributed by atoms with van der Waals surface area (Å²) >= 11 is 0. The molecule has 0 N–H and O–H groups in total. The number of aliphatic imine (C=N–C) groups is 1. The second-order valence-corrected chi connectivity index (χ2v) is 17.8. The third-order valence-corrected chi connectivity index (χ3v) is 12.1. The second kappa shape index (κ2) is 11.0. The largest absolute Gasteiger partial charge is 0.467 e. The molecule has 266 valence electrons. The van der Waals surface area contributed by atoms with Crippen molar-refractivity contribution in [1.82, 2.24) is 14.5 Å². The van der Waals surface area contributed by atoms with Crippen LogP contribution in [0, 0.1) is 13.8 Å². The molecule has 4 heterocycles. The Morgan fingerprint density at radius 2 is 1.38 bits per heavy atom. The van der Waals surface area contributed by atoms with Gasteiger partial charge in [-0.25, -0.2) is 9.98 Å². The third kappa shape index (κ3) is 4.86. The highest BCUT2D eigenvalue weighted by Gasteiger charge is 2.67. The molecule has 0 saturated carbocycles. The maximum Gasteiger partial charge on any atom is 0.219 e. The number of ether oxygens (including phenoxy) is 2. The number of pyridine rings is 2. The van der Waals surface area contributed by atoms with E-state index in [1.807, 2.05) is 26.1 Å². The fourth-order valence-electron chi connectivity index (χ4n) is 8.44. The Balaban J connectivity index is 1.24. The van der Waals surface area contributed by atoms with Crippen molar-refractivity contribution in [3.63, 3.8) is 0 Å². The topological polar surface area (TPSA) is 61.5 Å². The molecule has 1 aliphatic heterocycles. The van der Waals surface area contributed by atoms with Crippen LogP contribution in [0.25, 0.3) is 27.6 Å². The first kappa shape index (κ1) is 34.1. The first-order chi connectivity index (χ1) is 24.3. The summed E-state index contributed by atoms with van der Waals surface area (Å²) in [7, 11) is 0. The van der Waals surface area contributed by atoms with Gasteiger partial charge in [-0.3, -0.25) is 9.55 Å². The van der Waals surface area contributed by atoms with Crippen LogP contribution in [0.15, 0.2) is 90.1 Å². The summed E-state index contributed by atoms with van der Waals surface area (Å²) < 4.78 is 16.0. The van der Waals surface area contributed by atoms with E-state index in [9.17, 15) is 0 Å².